The average molecular weight is 294 g/mol. The van der Waals surface area contributed by atoms with Gasteiger partial charge in [0.25, 0.3) is 0 Å². The third kappa shape index (κ3) is 3.93. The van der Waals surface area contributed by atoms with E-state index in [2.05, 4.69) is 17.6 Å². The molecule has 1 atom stereocenters. The molecule has 0 saturated heterocycles. The molecule has 0 aromatic carbocycles. The number of aromatic nitrogens is 1. The zero-order valence-electron chi connectivity index (χ0n) is 9.08. The molecule has 0 fully saturated rings. The van der Waals surface area contributed by atoms with Crippen LogP contribution in [-0.4, -0.2) is 36.3 Å². The van der Waals surface area contributed by atoms with Crippen molar-refractivity contribution in [3.8, 4) is 0 Å². The summed E-state index contributed by atoms with van der Waals surface area (Å²) in [6, 6.07) is -0.551. The number of carboxylic acids is 1. The smallest absolute Gasteiger partial charge is 0.321 e. The molecule has 6 nitrogen and oxygen atoms in total. The number of nitrogens with one attached hydrogen (secondary N) is 1. The predicted molar refractivity (Wildman–Crippen MR) is 64.4 cm³/mol. The first-order valence-corrected chi connectivity index (χ1v) is 6.95. The molecule has 0 bridgehead atoms. The largest absolute Gasteiger partial charge is 0.480 e. The maximum absolute atomic E-state index is 12.9. The standard InChI is InChI=1S/C9H11FN2O4S2/c10-6-3-7(5-11-4-6)18(15,16)12-8(1-2-17)9(13)14/h3-5,8,12,17H,1-2H2,(H,13,14). The molecule has 1 heterocycles. The number of rotatable bonds is 6. The fourth-order valence-electron chi connectivity index (χ4n) is 1.16. The summed E-state index contributed by atoms with van der Waals surface area (Å²) in [5.74, 6) is -1.95. The maximum atomic E-state index is 12.9. The van der Waals surface area contributed by atoms with Crippen molar-refractivity contribution in [3.05, 3.63) is 24.3 Å². The van der Waals surface area contributed by atoms with Crippen LogP contribution in [0.2, 0.25) is 0 Å². The number of aliphatic carboxylic acids is 1. The van der Waals surface area contributed by atoms with Gasteiger partial charge in [0.05, 0.1) is 6.20 Å². The number of thiol groups is 1. The molecular formula is C9H11FN2O4S2. The van der Waals surface area contributed by atoms with Crippen LogP contribution >= 0.6 is 12.6 Å². The lowest BCUT2D eigenvalue weighted by atomic mass is 10.2. The second kappa shape index (κ2) is 6.12. The Balaban J connectivity index is 2.97. The molecule has 0 aliphatic heterocycles. The summed E-state index contributed by atoms with van der Waals surface area (Å²) in [5, 5.41) is 8.82. The van der Waals surface area contributed by atoms with Gasteiger partial charge in [-0.25, -0.2) is 12.8 Å². The van der Waals surface area contributed by atoms with E-state index in [1.165, 1.54) is 0 Å². The van der Waals surface area contributed by atoms with Crippen molar-refractivity contribution in [2.75, 3.05) is 5.75 Å². The number of pyridine rings is 1. The van der Waals surface area contributed by atoms with Crippen molar-refractivity contribution in [2.24, 2.45) is 0 Å². The Bertz CT molecular complexity index is 535. The van der Waals surface area contributed by atoms with E-state index >= 15 is 0 Å². The number of carboxylic acid groups (broad SMARTS) is 1. The molecule has 0 aliphatic rings. The van der Waals surface area contributed by atoms with Crippen molar-refractivity contribution in [3.63, 3.8) is 0 Å². The first-order valence-electron chi connectivity index (χ1n) is 4.83. The van der Waals surface area contributed by atoms with Crippen molar-refractivity contribution >= 4 is 28.6 Å². The highest BCUT2D eigenvalue weighted by Crippen LogP contribution is 2.10. The van der Waals surface area contributed by atoms with E-state index in [9.17, 15) is 17.6 Å². The van der Waals surface area contributed by atoms with Gasteiger partial charge < -0.3 is 5.11 Å². The molecule has 0 radical (unpaired) electrons. The molecule has 1 aromatic heterocycles. The first kappa shape index (κ1) is 14.9. The molecule has 18 heavy (non-hydrogen) atoms. The normalized spacial score (nSPS) is 13.2. The van der Waals surface area contributed by atoms with Gasteiger partial charge >= 0.3 is 5.97 Å². The summed E-state index contributed by atoms with van der Waals surface area (Å²) in [6.07, 6.45) is 1.80. The van der Waals surface area contributed by atoms with E-state index in [1.54, 1.807) is 0 Å². The molecule has 1 unspecified atom stereocenters. The third-order valence-electron chi connectivity index (χ3n) is 2.00. The summed E-state index contributed by atoms with van der Waals surface area (Å²) in [4.78, 5) is 13.8. The number of sulfonamides is 1. The number of hydrogen-bond acceptors (Lipinski definition) is 5. The average Bonchev–Trinajstić information content (AvgIpc) is 2.28. The summed E-state index contributed by atoms with van der Waals surface area (Å²) < 4.78 is 38.3. The van der Waals surface area contributed by atoms with Crippen LogP contribution in [0.5, 0.6) is 0 Å². The second-order valence-corrected chi connectivity index (χ2v) is 5.52. The first-order chi connectivity index (χ1) is 8.36. The highest BCUT2D eigenvalue weighted by atomic mass is 32.2. The van der Waals surface area contributed by atoms with Crippen LogP contribution in [0.1, 0.15) is 6.42 Å². The van der Waals surface area contributed by atoms with Gasteiger partial charge in [0.2, 0.25) is 10.0 Å². The molecular weight excluding hydrogens is 283 g/mol. The van der Waals surface area contributed by atoms with Crippen LogP contribution in [-0.2, 0) is 14.8 Å². The minimum Gasteiger partial charge on any atom is -0.480 e. The SMILES string of the molecule is O=C(O)C(CCS)NS(=O)(=O)c1cncc(F)c1. The van der Waals surface area contributed by atoms with Gasteiger partial charge in [0.15, 0.2) is 0 Å². The molecule has 0 spiro atoms. The quantitative estimate of drug-likeness (QED) is 0.655. The van der Waals surface area contributed by atoms with Crippen molar-refractivity contribution in [2.45, 2.75) is 17.4 Å². The summed E-state index contributed by atoms with van der Waals surface area (Å²) >= 11 is 3.84. The zero-order valence-corrected chi connectivity index (χ0v) is 10.8. The lowest BCUT2D eigenvalue weighted by Crippen LogP contribution is -2.41. The zero-order chi connectivity index (χ0) is 13.8. The van der Waals surface area contributed by atoms with E-state index in [0.29, 0.717) is 0 Å². The van der Waals surface area contributed by atoms with Crippen LogP contribution in [0.25, 0.3) is 0 Å². The Morgan fingerprint density at radius 2 is 2.22 bits per heavy atom. The molecule has 0 saturated carbocycles. The van der Waals surface area contributed by atoms with Gasteiger partial charge in [-0.1, -0.05) is 0 Å². The lowest BCUT2D eigenvalue weighted by molar-refractivity contribution is -0.139. The maximum Gasteiger partial charge on any atom is 0.321 e. The van der Waals surface area contributed by atoms with E-state index in [1.807, 2.05) is 4.72 Å². The van der Waals surface area contributed by atoms with Crippen molar-refractivity contribution < 1.29 is 22.7 Å². The van der Waals surface area contributed by atoms with Crippen LogP contribution in [0.3, 0.4) is 0 Å². The molecule has 2 N–H and O–H groups in total. The van der Waals surface area contributed by atoms with Crippen LogP contribution in [0, 0.1) is 5.82 Å². The third-order valence-corrected chi connectivity index (χ3v) is 3.70. The van der Waals surface area contributed by atoms with Crippen LogP contribution in [0.15, 0.2) is 23.4 Å². The predicted octanol–water partition coefficient (Wildman–Crippen LogP) is 0.272. The Kier molecular flexibility index (Phi) is 5.05. The summed E-state index contributed by atoms with van der Waals surface area (Å²) in [6.45, 7) is 0. The van der Waals surface area contributed by atoms with Crippen molar-refractivity contribution in [1.29, 1.82) is 0 Å². The molecule has 1 rings (SSSR count). The topological polar surface area (TPSA) is 96.4 Å². The van der Waals surface area contributed by atoms with Gasteiger partial charge in [-0.3, -0.25) is 9.78 Å². The molecule has 9 heteroatoms. The molecule has 0 amide bonds. The highest BCUT2D eigenvalue weighted by molar-refractivity contribution is 7.89. The number of nitrogens with zero attached hydrogens (tertiary/aromatic N) is 1. The van der Waals surface area contributed by atoms with Gasteiger partial charge in [0.1, 0.15) is 16.8 Å². The second-order valence-electron chi connectivity index (χ2n) is 3.36. The van der Waals surface area contributed by atoms with Gasteiger partial charge in [-0.15, -0.1) is 0 Å². The van der Waals surface area contributed by atoms with E-state index < -0.39 is 32.7 Å². The molecule has 0 aliphatic carbocycles. The molecule has 1 aromatic rings. The Morgan fingerprint density at radius 1 is 1.56 bits per heavy atom. The lowest BCUT2D eigenvalue weighted by Gasteiger charge is -2.13. The van der Waals surface area contributed by atoms with E-state index in [-0.39, 0.29) is 12.2 Å². The number of hydrogen-bond donors (Lipinski definition) is 3. The fraction of sp³-hybridized carbons (Fsp3) is 0.333. The number of halogens is 1. The Hall–Kier alpha value is -1.19. The number of carbonyl (C=O) groups is 1. The Labute approximate surface area is 109 Å². The fourth-order valence-corrected chi connectivity index (χ4v) is 2.61. The molecule has 100 valence electrons. The van der Waals surface area contributed by atoms with E-state index in [0.717, 1.165) is 18.5 Å². The minimum absolute atomic E-state index is 0.0143. The Morgan fingerprint density at radius 3 is 2.72 bits per heavy atom. The van der Waals surface area contributed by atoms with Crippen LogP contribution < -0.4 is 4.72 Å². The van der Waals surface area contributed by atoms with Crippen molar-refractivity contribution in [1.82, 2.24) is 9.71 Å². The van der Waals surface area contributed by atoms with Gasteiger partial charge in [-0.05, 0) is 18.2 Å². The van der Waals surface area contributed by atoms with E-state index in [4.69, 9.17) is 5.11 Å². The monoisotopic (exact) mass is 294 g/mol. The van der Waals surface area contributed by atoms with Crippen LogP contribution in [0.4, 0.5) is 4.39 Å². The van der Waals surface area contributed by atoms with Gasteiger partial charge in [0, 0.05) is 6.20 Å². The minimum atomic E-state index is -4.12. The summed E-state index contributed by atoms with van der Waals surface area (Å²) in [5.41, 5.74) is 0. The van der Waals surface area contributed by atoms with Gasteiger partial charge in [-0.2, -0.15) is 17.4 Å². The summed E-state index contributed by atoms with van der Waals surface area (Å²) in [7, 11) is -4.12. The highest BCUT2D eigenvalue weighted by Gasteiger charge is 2.25.